The van der Waals surface area contributed by atoms with Gasteiger partial charge >= 0.3 is 0 Å². The van der Waals surface area contributed by atoms with Crippen molar-refractivity contribution < 1.29 is 14.6 Å². The molecule has 0 aliphatic carbocycles. The molecule has 0 fully saturated rings. The van der Waals surface area contributed by atoms with Crippen LogP contribution < -0.4 is 9.47 Å². The van der Waals surface area contributed by atoms with Gasteiger partial charge in [0.25, 0.3) is 0 Å². The quantitative estimate of drug-likeness (QED) is 0.865. The van der Waals surface area contributed by atoms with Crippen molar-refractivity contribution in [3.63, 3.8) is 0 Å². The number of ether oxygens (including phenoxy) is 2. The van der Waals surface area contributed by atoms with E-state index in [4.69, 9.17) is 14.6 Å². The molecule has 0 aromatic heterocycles. The topological polar surface area (TPSA) is 38.7 Å². The van der Waals surface area contributed by atoms with Gasteiger partial charge in [0.1, 0.15) is 10.2 Å². The van der Waals surface area contributed by atoms with Gasteiger partial charge in [0.2, 0.25) is 0 Å². The molecule has 1 aromatic carbocycles. The van der Waals surface area contributed by atoms with Crippen LogP contribution in [0, 0.1) is 11.8 Å². The maximum absolute atomic E-state index is 8.64. The zero-order chi connectivity index (χ0) is 12.0. The molecule has 1 N–H and O–H groups in total. The maximum Gasteiger partial charge on any atom is 0.152 e. The Morgan fingerprint density at radius 1 is 1.31 bits per heavy atom. The van der Waals surface area contributed by atoms with E-state index in [1.165, 1.54) is 0 Å². The van der Waals surface area contributed by atoms with E-state index in [0.29, 0.717) is 17.9 Å². The summed E-state index contributed by atoms with van der Waals surface area (Å²) in [6, 6.07) is 3.64. The number of aliphatic hydroxyl groups excluding tert-OH is 1. The molecule has 16 heavy (non-hydrogen) atoms. The first kappa shape index (κ1) is 12.9. The van der Waals surface area contributed by atoms with Crippen LogP contribution in [-0.2, 0) is 0 Å². The normalized spacial score (nSPS) is 9.25. The molecule has 0 saturated carbocycles. The Hall–Kier alpha value is -1.18. The lowest BCUT2D eigenvalue weighted by atomic mass is 10.2. The van der Waals surface area contributed by atoms with Crippen LogP contribution in [-0.4, -0.2) is 25.9 Å². The van der Waals surface area contributed by atoms with Gasteiger partial charge in [0.05, 0.1) is 26.4 Å². The highest BCUT2D eigenvalue weighted by molar-refractivity contribution is 9.10. The maximum atomic E-state index is 8.64. The van der Waals surface area contributed by atoms with Crippen molar-refractivity contribution in [3.05, 3.63) is 22.2 Å². The highest BCUT2D eigenvalue weighted by Gasteiger charge is 2.10. The molecule has 3 nitrogen and oxygen atoms in total. The molecule has 1 rings (SSSR count). The lowest BCUT2D eigenvalue weighted by molar-refractivity contribution is 0.305. The van der Waals surface area contributed by atoms with Gasteiger partial charge in [-0.3, -0.25) is 0 Å². The summed E-state index contributed by atoms with van der Waals surface area (Å²) >= 11 is 3.39. The molecule has 0 unspecified atom stereocenters. The Morgan fingerprint density at radius 3 is 2.62 bits per heavy atom. The van der Waals surface area contributed by atoms with Crippen molar-refractivity contribution in [2.45, 2.75) is 6.42 Å². The predicted octanol–water partition coefficient (Wildman–Crippen LogP) is 2.20. The fraction of sp³-hybridized carbons (Fsp3) is 0.333. The molecule has 0 heterocycles. The van der Waals surface area contributed by atoms with Crippen LogP contribution in [0.15, 0.2) is 16.6 Å². The molecule has 0 amide bonds. The first-order chi connectivity index (χ1) is 7.74. The molecule has 1 aromatic rings. The lowest BCUT2D eigenvalue weighted by Gasteiger charge is -2.09. The first-order valence-corrected chi connectivity index (χ1v) is 5.54. The van der Waals surface area contributed by atoms with Crippen molar-refractivity contribution in [1.29, 1.82) is 0 Å². The van der Waals surface area contributed by atoms with Gasteiger partial charge < -0.3 is 14.6 Å². The molecule has 0 aliphatic heterocycles. The number of halogens is 1. The molecule has 0 aliphatic rings. The van der Waals surface area contributed by atoms with Crippen LogP contribution in [0.3, 0.4) is 0 Å². The summed E-state index contributed by atoms with van der Waals surface area (Å²) in [7, 11) is 3.17. The monoisotopic (exact) mass is 284 g/mol. The minimum absolute atomic E-state index is 0.0621. The van der Waals surface area contributed by atoms with Gasteiger partial charge in [0.15, 0.2) is 5.75 Å². The minimum Gasteiger partial charge on any atom is -0.495 e. The van der Waals surface area contributed by atoms with Gasteiger partial charge in [-0.2, -0.15) is 0 Å². The van der Waals surface area contributed by atoms with Crippen LogP contribution in [0.25, 0.3) is 0 Å². The summed E-state index contributed by atoms with van der Waals surface area (Å²) in [6.45, 7) is 0.0621. The molecule has 0 spiro atoms. The second kappa shape index (κ2) is 6.41. The van der Waals surface area contributed by atoms with Crippen LogP contribution in [0.1, 0.15) is 12.0 Å². The van der Waals surface area contributed by atoms with E-state index < -0.39 is 0 Å². The highest BCUT2D eigenvalue weighted by atomic mass is 79.9. The largest absolute Gasteiger partial charge is 0.495 e. The van der Waals surface area contributed by atoms with Crippen molar-refractivity contribution in [2.75, 3.05) is 20.8 Å². The van der Waals surface area contributed by atoms with E-state index in [2.05, 4.69) is 27.8 Å². The van der Waals surface area contributed by atoms with Crippen LogP contribution in [0.5, 0.6) is 11.5 Å². The lowest BCUT2D eigenvalue weighted by Crippen LogP contribution is -1.93. The molecule has 0 atom stereocenters. The summed E-state index contributed by atoms with van der Waals surface area (Å²) in [4.78, 5) is 0. The number of hydrogen-bond acceptors (Lipinski definition) is 3. The summed E-state index contributed by atoms with van der Waals surface area (Å²) in [5.41, 5.74) is 0.767. The molecule has 0 radical (unpaired) electrons. The molecular weight excluding hydrogens is 272 g/mol. The summed E-state index contributed by atoms with van der Waals surface area (Å²) in [5, 5.41) is 8.64. The standard InChI is InChI=1S/C12H13BrO3/c1-15-10-7-6-9(5-3-4-8-14)12(16-2)11(10)13/h6-7,14H,4,8H2,1-2H3. The van der Waals surface area contributed by atoms with Gasteiger partial charge in [-0.05, 0) is 28.1 Å². The number of rotatable bonds is 3. The van der Waals surface area contributed by atoms with Crippen molar-refractivity contribution in [2.24, 2.45) is 0 Å². The van der Waals surface area contributed by atoms with Crippen molar-refractivity contribution >= 4 is 15.9 Å². The van der Waals surface area contributed by atoms with Gasteiger partial charge in [-0.25, -0.2) is 0 Å². The molecule has 86 valence electrons. The summed E-state index contributed by atoms with van der Waals surface area (Å²) in [5.74, 6) is 7.13. The van der Waals surface area contributed by atoms with E-state index in [9.17, 15) is 0 Å². The third kappa shape index (κ3) is 2.91. The number of aliphatic hydroxyl groups is 1. The van der Waals surface area contributed by atoms with E-state index in [1.54, 1.807) is 14.2 Å². The Morgan fingerprint density at radius 2 is 2.06 bits per heavy atom. The van der Waals surface area contributed by atoms with Gasteiger partial charge in [-0.15, -0.1) is 0 Å². The predicted molar refractivity (Wildman–Crippen MR) is 65.8 cm³/mol. The Bertz CT molecular complexity index is 418. The molecule has 4 heteroatoms. The van der Waals surface area contributed by atoms with E-state index in [0.717, 1.165) is 10.0 Å². The average Bonchev–Trinajstić information content (AvgIpc) is 2.30. The number of benzene rings is 1. The fourth-order valence-electron chi connectivity index (χ4n) is 1.21. The number of hydrogen-bond donors (Lipinski definition) is 1. The zero-order valence-corrected chi connectivity index (χ0v) is 10.8. The Balaban J connectivity index is 3.12. The van der Waals surface area contributed by atoms with Crippen LogP contribution in [0.4, 0.5) is 0 Å². The second-order valence-corrected chi connectivity index (χ2v) is 3.73. The van der Waals surface area contributed by atoms with Crippen LogP contribution in [0.2, 0.25) is 0 Å². The van der Waals surface area contributed by atoms with Crippen molar-refractivity contribution in [3.8, 4) is 23.3 Å². The molecule has 0 bridgehead atoms. The fourth-order valence-corrected chi connectivity index (χ4v) is 1.88. The second-order valence-electron chi connectivity index (χ2n) is 2.94. The zero-order valence-electron chi connectivity index (χ0n) is 9.21. The third-order valence-corrected chi connectivity index (χ3v) is 2.70. The number of methoxy groups -OCH3 is 2. The first-order valence-electron chi connectivity index (χ1n) is 4.74. The van der Waals surface area contributed by atoms with Gasteiger partial charge in [0, 0.05) is 6.42 Å². The van der Waals surface area contributed by atoms with E-state index in [-0.39, 0.29) is 6.61 Å². The molecular formula is C12H13BrO3. The van der Waals surface area contributed by atoms with Crippen LogP contribution >= 0.6 is 15.9 Å². The summed E-state index contributed by atoms with van der Waals surface area (Å²) in [6.07, 6.45) is 0.451. The van der Waals surface area contributed by atoms with E-state index in [1.807, 2.05) is 12.1 Å². The Labute approximate surface area is 104 Å². The minimum atomic E-state index is 0.0621. The smallest absolute Gasteiger partial charge is 0.152 e. The molecule has 0 saturated heterocycles. The average molecular weight is 285 g/mol. The third-order valence-electron chi connectivity index (χ3n) is 1.95. The van der Waals surface area contributed by atoms with Crippen molar-refractivity contribution in [1.82, 2.24) is 0 Å². The Kier molecular flexibility index (Phi) is 5.17. The highest BCUT2D eigenvalue weighted by Crippen LogP contribution is 2.36. The van der Waals surface area contributed by atoms with E-state index >= 15 is 0 Å². The SMILES string of the molecule is COc1ccc(C#CCCO)c(OC)c1Br. The summed E-state index contributed by atoms with van der Waals surface area (Å²) < 4.78 is 11.2. The van der Waals surface area contributed by atoms with Gasteiger partial charge in [-0.1, -0.05) is 11.8 Å².